The molecule has 1 aliphatic rings. The molecule has 0 saturated carbocycles. The summed E-state index contributed by atoms with van der Waals surface area (Å²) in [5.41, 5.74) is -0.114. The van der Waals surface area contributed by atoms with Crippen LogP contribution in [0.25, 0.3) is 5.70 Å². The number of pyridine rings is 1. The maximum absolute atomic E-state index is 13.5. The zero-order valence-corrected chi connectivity index (χ0v) is 22.5. The predicted molar refractivity (Wildman–Crippen MR) is 146 cm³/mol. The number of alkyl carbamates (subject to hydrolysis) is 1. The number of carbonyl (C=O) groups excluding carboxylic acids is 2. The van der Waals surface area contributed by atoms with E-state index in [0.29, 0.717) is 23.1 Å². The van der Waals surface area contributed by atoms with Crippen LogP contribution in [0.4, 0.5) is 10.5 Å². The number of anilines is 1. The van der Waals surface area contributed by atoms with Gasteiger partial charge in [0.15, 0.2) is 5.84 Å². The fraction of sp³-hybridized carbons (Fsp3) is 0.308. The Labute approximate surface area is 221 Å². The molecule has 0 saturated heterocycles. The number of benzene rings is 1. The first kappa shape index (κ1) is 28.4. The van der Waals surface area contributed by atoms with E-state index in [1.165, 1.54) is 18.3 Å². The SMILES string of the molecule is C=C1C(CNC=O)=C(n2cccc(NS(=O)(=O)Cc3ccccc3)c2=O)C(NC(=O)OC(C)(C)C)=NC1C. The van der Waals surface area contributed by atoms with E-state index in [9.17, 15) is 22.8 Å². The van der Waals surface area contributed by atoms with Gasteiger partial charge in [-0.2, -0.15) is 0 Å². The van der Waals surface area contributed by atoms with Gasteiger partial charge in [0.05, 0.1) is 17.5 Å². The lowest BCUT2D eigenvalue weighted by Gasteiger charge is -2.28. The molecule has 0 bridgehead atoms. The van der Waals surface area contributed by atoms with Gasteiger partial charge in [-0.15, -0.1) is 0 Å². The van der Waals surface area contributed by atoms with E-state index in [1.807, 2.05) is 0 Å². The molecule has 1 unspecified atom stereocenters. The first-order valence-corrected chi connectivity index (χ1v) is 13.4. The first-order chi connectivity index (χ1) is 17.8. The highest BCUT2D eigenvalue weighted by molar-refractivity contribution is 7.91. The molecule has 0 aliphatic carbocycles. The second-order valence-electron chi connectivity index (χ2n) is 9.58. The monoisotopic (exact) mass is 541 g/mol. The minimum absolute atomic E-state index is 0.00763. The van der Waals surface area contributed by atoms with Crippen molar-refractivity contribution in [1.82, 2.24) is 15.2 Å². The maximum Gasteiger partial charge on any atom is 0.413 e. The van der Waals surface area contributed by atoms with Gasteiger partial charge < -0.3 is 10.1 Å². The number of amides is 2. The van der Waals surface area contributed by atoms with Crippen molar-refractivity contribution < 1.29 is 22.7 Å². The molecular weight excluding hydrogens is 510 g/mol. The Morgan fingerprint density at radius 2 is 1.87 bits per heavy atom. The highest BCUT2D eigenvalue weighted by atomic mass is 32.2. The number of dihydropyridines is 1. The summed E-state index contributed by atoms with van der Waals surface area (Å²) >= 11 is 0. The number of hydrogen-bond acceptors (Lipinski definition) is 7. The summed E-state index contributed by atoms with van der Waals surface area (Å²) in [6, 6.07) is 10.9. The van der Waals surface area contributed by atoms with Crippen LogP contribution in [0.1, 0.15) is 33.3 Å². The van der Waals surface area contributed by atoms with E-state index in [0.717, 1.165) is 4.57 Å². The molecule has 2 aromatic rings. The molecule has 38 heavy (non-hydrogen) atoms. The summed E-state index contributed by atoms with van der Waals surface area (Å²) in [6.45, 7) is 10.9. The average Bonchev–Trinajstić information content (AvgIpc) is 2.81. The molecule has 12 heteroatoms. The smallest absolute Gasteiger partial charge is 0.413 e. The van der Waals surface area contributed by atoms with Crippen LogP contribution in [0.2, 0.25) is 0 Å². The molecule has 3 N–H and O–H groups in total. The normalized spacial score (nSPS) is 15.9. The molecule has 1 aliphatic heterocycles. The van der Waals surface area contributed by atoms with Crippen LogP contribution in [0.5, 0.6) is 0 Å². The number of nitrogens with one attached hydrogen (secondary N) is 3. The highest BCUT2D eigenvalue weighted by Gasteiger charge is 2.29. The third-order valence-electron chi connectivity index (χ3n) is 5.36. The van der Waals surface area contributed by atoms with E-state index in [2.05, 4.69) is 26.9 Å². The first-order valence-electron chi connectivity index (χ1n) is 11.8. The van der Waals surface area contributed by atoms with E-state index >= 15 is 0 Å². The maximum atomic E-state index is 13.5. The zero-order valence-electron chi connectivity index (χ0n) is 21.6. The topological polar surface area (TPSA) is 148 Å². The molecule has 3 rings (SSSR count). The Hall–Kier alpha value is -4.19. The molecule has 1 aromatic heterocycles. The number of aliphatic imine (C=N–C) groups is 1. The van der Waals surface area contributed by atoms with E-state index in [-0.39, 0.29) is 29.5 Å². The Kier molecular flexibility index (Phi) is 8.56. The van der Waals surface area contributed by atoms with Gasteiger partial charge in [0.25, 0.3) is 5.56 Å². The standard InChI is InChI=1S/C26H31N5O6S/c1-17-18(2)28-23(29-25(34)37-26(3,4)5)22(20(17)14-27-16-32)31-13-9-12-21(24(31)33)30-38(35,36)15-19-10-7-6-8-11-19/h6-13,16,18,30H,1,14-15H2,2-5H3,(H,27,32)(H,28,29,34). The molecule has 202 valence electrons. The van der Waals surface area contributed by atoms with Gasteiger partial charge in [-0.1, -0.05) is 36.9 Å². The molecular formula is C26H31N5O6S. The summed E-state index contributed by atoms with van der Waals surface area (Å²) in [4.78, 5) is 41.7. The van der Waals surface area contributed by atoms with Crippen molar-refractivity contribution in [3.63, 3.8) is 0 Å². The second kappa shape index (κ2) is 11.5. The molecule has 0 fully saturated rings. The van der Waals surface area contributed by atoms with Gasteiger partial charge in [0, 0.05) is 18.3 Å². The fourth-order valence-corrected chi connectivity index (χ4v) is 4.91. The fourth-order valence-electron chi connectivity index (χ4n) is 3.72. The Balaban J connectivity index is 2.07. The summed E-state index contributed by atoms with van der Waals surface area (Å²) in [5.74, 6) is -0.325. The number of amidine groups is 1. The minimum atomic E-state index is -3.93. The number of rotatable bonds is 8. The lowest BCUT2D eigenvalue weighted by Crippen LogP contribution is -2.42. The van der Waals surface area contributed by atoms with Crippen LogP contribution in [0.15, 0.2) is 76.2 Å². The van der Waals surface area contributed by atoms with Crippen LogP contribution in [-0.4, -0.2) is 49.5 Å². The molecule has 1 atom stereocenters. The Bertz CT molecular complexity index is 1450. The lowest BCUT2D eigenvalue weighted by molar-refractivity contribution is -0.109. The van der Waals surface area contributed by atoms with Crippen molar-refractivity contribution in [3.05, 3.63) is 82.3 Å². The van der Waals surface area contributed by atoms with Crippen molar-refractivity contribution >= 4 is 39.7 Å². The van der Waals surface area contributed by atoms with Gasteiger partial charge in [-0.05, 0) is 51.0 Å². The molecule has 11 nitrogen and oxygen atoms in total. The van der Waals surface area contributed by atoms with Gasteiger partial charge in [0.2, 0.25) is 16.4 Å². The van der Waals surface area contributed by atoms with Crippen LogP contribution in [-0.2, 0) is 25.3 Å². The Morgan fingerprint density at radius 1 is 1.18 bits per heavy atom. The van der Waals surface area contributed by atoms with Gasteiger partial charge in [0.1, 0.15) is 11.3 Å². The molecule has 0 radical (unpaired) electrons. The quantitative estimate of drug-likeness (QED) is 0.438. The van der Waals surface area contributed by atoms with Crippen molar-refractivity contribution in [2.45, 2.75) is 45.1 Å². The van der Waals surface area contributed by atoms with Crippen LogP contribution >= 0.6 is 0 Å². The summed E-state index contributed by atoms with van der Waals surface area (Å²) in [5, 5.41) is 5.14. The third kappa shape index (κ3) is 7.19. The van der Waals surface area contributed by atoms with Crippen molar-refractivity contribution in [2.24, 2.45) is 4.99 Å². The van der Waals surface area contributed by atoms with Crippen molar-refractivity contribution in [2.75, 3.05) is 11.3 Å². The van der Waals surface area contributed by atoms with Crippen molar-refractivity contribution in [1.29, 1.82) is 0 Å². The summed E-state index contributed by atoms with van der Waals surface area (Å²) < 4.78 is 34.5. The third-order valence-corrected chi connectivity index (χ3v) is 6.60. The molecule has 1 aromatic carbocycles. The van der Waals surface area contributed by atoms with E-state index < -0.39 is 33.3 Å². The van der Waals surface area contributed by atoms with E-state index in [4.69, 9.17) is 4.74 Å². The van der Waals surface area contributed by atoms with Gasteiger partial charge >= 0.3 is 6.09 Å². The summed E-state index contributed by atoms with van der Waals surface area (Å²) in [7, 11) is -3.93. The number of hydrogen-bond donors (Lipinski definition) is 3. The minimum Gasteiger partial charge on any atom is -0.444 e. The lowest BCUT2D eigenvalue weighted by atomic mass is 9.95. The summed E-state index contributed by atoms with van der Waals surface area (Å²) in [6.07, 6.45) is 1.10. The van der Waals surface area contributed by atoms with Crippen LogP contribution in [0, 0.1) is 0 Å². The second-order valence-corrected chi connectivity index (χ2v) is 11.3. The predicted octanol–water partition coefficient (Wildman–Crippen LogP) is 2.63. The number of aromatic nitrogens is 1. The Morgan fingerprint density at radius 3 is 2.50 bits per heavy atom. The van der Waals surface area contributed by atoms with Crippen LogP contribution in [0.3, 0.4) is 0 Å². The average molecular weight is 542 g/mol. The number of sulfonamides is 1. The zero-order chi connectivity index (χ0) is 28.1. The number of ether oxygens (including phenoxy) is 1. The van der Waals surface area contributed by atoms with Crippen LogP contribution < -0.4 is 20.9 Å². The number of nitrogens with zero attached hydrogens (tertiary/aromatic N) is 2. The van der Waals surface area contributed by atoms with Crippen molar-refractivity contribution in [3.8, 4) is 0 Å². The van der Waals surface area contributed by atoms with E-state index in [1.54, 1.807) is 58.0 Å². The largest absolute Gasteiger partial charge is 0.444 e. The van der Waals surface area contributed by atoms with Gasteiger partial charge in [-0.25, -0.2) is 13.2 Å². The molecule has 2 amide bonds. The molecule has 2 heterocycles. The highest BCUT2D eigenvalue weighted by Crippen LogP contribution is 2.27. The van der Waals surface area contributed by atoms with Gasteiger partial charge in [-0.3, -0.25) is 29.2 Å². The molecule has 0 spiro atoms. The number of carbonyl (C=O) groups is 2.